The van der Waals surface area contributed by atoms with E-state index in [-0.39, 0.29) is 23.5 Å². The van der Waals surface area contributed by atoms with Gasteiger partial charge in [0.2, 0.25) is 0 Å². The van der Waals surface area contributed by atoms with Gasteiger partial charge in [-0.3, -0.25) is 9.59 Å². The van der Waals surface area contributed by atoms with E-state index >= 15 is 0 Å². The topological polar surface area (TPSA) is 66.8 Å². The highest BCUT2D eigenvalue weighted by molar-refractivity contribution is 5.99. The second-order valence-electron chi connectivity index (χ2n) is 7.74. The largest absolute Gasteiger partial charge is 0.478 e. The van der Waals surface area contributed by atoms with Crippen molar-refractivity contribution in [2.45, 2.75) is 56.3 Å². The monoisotopic (exact) mass is 303 g/mol. The summed E-state index contributed by atoms with van der Waals surface area (Å²) in [4.78, 5) is 27.1. The van der Waals surface area contributed by atoms with Crippen LogP contribution in [-0.2, 0) is 14.3 Å². The summed E-state index contributed by atoms with van der Waals surface area (Å²) in [5.41, 5.74) is -0.550. The fourth-order valence-electron chi connectivity index (χ4n) is 6.12. The van der Waals surface area contributed by atoms with Gasteiger partial charge in [0.25, 0.3) is 0 Å². The molecule has 0 amide bonds. The molecule has 0 aromatic carbocycles. The van der Waals surface area contributed by atoms with Crippen LogP contribution in [0.4, 0.5) is 0 Å². The SMILES string of the molecule is CN1CC[C@]23C4=C5O[C@H]2C(=O)CC[C@@]3(O)[C@H]1CC4CCC5=O. The number of rotatable bonds is 0. The van der Waals surface area contributed by atoms with Crippen molar-refractivity contribution in [2.75, 3.05) is 13.6 Å². The van der Waals surface area contributed by atoms with Crippen LogP contribution in [0.15, 0.2) is 11.3 Å². The smallest absolute Gasteiger partial charge is 0.197 e. The Kier molecular flexibility index (Phi) is 2.30. The lowest BCUT2D eigenvalue weighted by Gasteiger charge is -2.64. The molecule has 1 spiro atoms. The molecule has 5 atom stereocenters. The normalized spacial score (nSPS) is 50.0. The van der Waals surface area contributed by atoms with Crippen LogP contribution >= 0.6 is 0 Å². The Hall–Kier alpha value is -1.20. The quantitative estimate of drug-likeness (QED) is 0.717. The highest BCUT2D eigenvalue weighted by Gasteiger charge is 2.74. The first kappa shape index (κ1) is 13.3. The number of carbonyl (C=O) groups is 2. The van der Waals surface area contributed by atoms with Crippen LogP contribution in [0.3, 0.4) is 0 Å². The van der Waals surface area contributed by atoms with Crippen LogP contribution < -0.4 is 0 Å². The van der Waals surface area contributed by atoms with E-state index in [1.54, 1.807) is 0 Å². The fourth-order valence-corrected chi connectivity index (χ4v) is 6.12. The van der Waals surface area contributed by atoms with Crippen LogP contribution in [0.5, 0.6) is 0 Å². The predicted octanol–water partition coefficient (Wildman–Crippen LogP) is 0.807. The van der Waals surface area contributed by atoms with Gasteiger partial charge in [0.15, 0.2) is 23.4 Å². The molecule has 2 bridgehead atoms. The minimum Gasteiger partial charge on any atom is -0.478 e. The highest BCUT2D eigenvalue weighted by Crippen LogP contribution is 2.67. The van der Waals surface area contributed by atoms with Crippen molar-refractivity contribution in [3.8, 4) is 0 Å². The van der Waals surface area contributed by atoms with Gasteiger partial charge in [0.1, 0.15) is 0 Å². The first-order valence-corrected chi connectivity index (χ1v) is 8.39. The first-order valence-electron chi connectivity index (χ1n) is 8.39. The zero-order chi connectivity index (χ0) is 15.3. The van der Waals surface area contributed by atoms with Gasteiger partial charge in [-0.2, -0.15) is 0 Å². The molecule has 1 saturated heterocycles. The van der Waals surface area contributed by atoms with Gasteiger partial charge in [-0.25, -0.2) is 0 Å². The summed E-state index contributed by atoms with van der Waals surface area (Å²) in [5.74, 6) is 0.827. The summed E-state index contributed by atoms with van der Waals surface area (Å²) in [6.07, 6.45) is 3.17. The third kappa shape index (κ3) is 1.19. The Balaban J connectivity index is 1.80. The molecule has 118 valence electrons. The molecular weight excluding hydrogens is 282 g/mol. The second kappa shape index (κ2) is 3.82. The maximum atomic E-state index is 12.5. The van der Waals surface area contributed by atoms with Crippen molar-refractivity contribution < 1.29 is 19.4 Å². The van der Waals surface area contributed by atoms with Crippen molar-refractivity contribution >= 4 is 11.6 Å². The number of nitrogens with zero attached hydrogens (tertiary/aromatic N) is 1. The van der Waals surface area contributed by atoms with Crippen LogP contribution in [0, 0.1) is 11.3 Å². The second-order valence-corrected chi connectivity index (χ2v) is 7.74. The number of aliphatic hydroxyl groups is 1. The molecule has 5 rings (SSSR count). The van der Waals surface area contributed by atoms with E-state index in [0.29, 0.717) is 25.0 Å². The van der Waals surface area contributed by atoms with E-state index in [4.69, 9.17) is 4.74 Å². The Labute approximate surface area is 129 Å². The molecule has 5 aliphatic rings. The first-order chi connectivity index (χ1) is 10.5. The number of likely N-dealkylation sites (tertiary alicyclic amines) is 1. The minimum atomic E-state index is -0.927. The highest BCUT2D eigenvalue weighted by atomic mass is 16.5. The lowest BCUT2D eigenvalue weighted by Crippen LogP contribution is -2.74. The van der Waals surface area contributed by atoms with Gasteiger partial charge < -0.3 is 14.7 Å². The molecule has 3 aliphatic carbocycles. The Morgan fingerprint density at radius 2 is 2.09 bits per heavy atom. The van der Waals surface area contributed by atoms with Gasteiger partial charge in [-0.05, 0) is 50.8 Å². The number of likely N-dealkylation sites (N-methyl/N-ethyl adjacent to an activating group) is 1. The zero-order valence-electron chi connectivity index (χ0n) is 12.8. The number of hydrogen-bond donors (Lipinski definition) is 1. The Morgan fingerprint density at radius 1 is 1.27 bits per heavy atom. The number of hydrogen-bond acceptors (Lipinski definition) is 5. The van der Waals surface area contributed by atoms with Crippen molar-refractivity contribution in [2.24, 2.45) is 11.3 Å². The number of piperidine rings is 1. The lowest BCUT2D eigenvalue weighted by molar-refractivity contribution is -0.216. The van der Waals surface area contributed by atoms with Crippen LogP contribution in [0.2, 0.25) is 0 Å². The number of carbonyl (C=O) groups excluding carboxylic acids is 2. The standard InChI is InChI=1S/C17H21NO4/c1-18-7-6-16-13-9-2-3-10(19)14(13)22-15(16)11(20)4-5-17(16,21)12(18)8-9/h9,12,15,21H,2-8H2,1H3/t9?,12-,15+,16+,17-/m1/s1. The van der Waals surface area contributed by atoms with E-state index in [1.807, 2.05) is 0 Å². The lowest BCUT2D eigenvalue weighted by atomic mass is 9.46. The van der Waals surface area contributed by atoms with E-state index < -0.39 is 17.1 Å². The van der Waals surface area contributed by atoms with Crippen molar-refractivity contribution in [3.63, 3.8) is 0 Å². The van der Waals surface area contributed by atoms with Crippen molar-refractivity contribution in [1.82, 2.24) is 4.90 Å². The van der Waals surface area contributed by atoms with Crippen LogP contribution in [0.1, 0.15) is 38.5 Å². The third-order valence-corrected chi connectivity index (χ3v) is 7.06. The maximum Gasteiger partial charge on any atom is 0.197 e. The maximum absolute atomic E-state index is 12.5. The molecule has 0 radical (unpaired) electrons. The Morgan fingerprint density at radius 3 is 2.91 bits per heavy atom. The van der Waals surface area contributed by atoms with E-state index in [0.717, 1.165) is 31.4 Å². The summed E-state index contributed by atoms with van der Waals surface area (Å²) < 4.78 is 5.95. The predicted molar refractivity (Wildman–Crippen MR) is 76.9 cm³/mol. The molecule has 0 aromatic rings. The number of ketones is 2. The Bertz CT molecular complexity index is 641. The molecule has 5 nitrogen and oxygen atoms in total. The summed E-state index contributed by atoms with van der Waals surface area (Å²) in [6, 6.07) is 0.0711. The van der Waals surface area contributed by atoms with E-state index in [9.17, 15) is 14.7 Å². The number of ether oxygens (including phenoxy) is 1. The molecule has 3 fully saturated rings. The molecular formula is C17H21NO4. The molecule has 2 saturated carbocycles. The molecule has 0 aromatic heterocycles. The summed E-state index contributed by atoms with van der Waals surface area (Å²) in [7, 11) is 2.07. The van der Waals surface area contributed by atoms with Gasteiger partial charge in [-0.15, -0.1) is 0 Å². The van der Waals surface area contributed by atoms with Crippen molar-refractivity contribution in [1.29, 1.82) is 0 Å². The van der Waals surface area contributed by atoms with E-state index in [1.165, 1.54) is 0 Å². The average molecular weight is 303 g/mol. The van der Waals surface area contributed by atoms with Crippen LogP contribution in [-0.4, -0.2) is 52.9 Å². The minimum absolute atomic E-state index is 0.0301. The fraction of sp³-hybridized carbons (Fsp3) is 0.765. The van der Waals surface area contributed by atoms with Gasteiger partial charge >= 0.3 is 0 Å². The molecule has 22 heavy (non-hydrogen) atoms. The summed E-state index contributed by atoms with van der Waals surface area (Å²) >= 11 is 0. The molecule has 5 heteroatoms. The average Bonchev–Trinajstić information content (AvgIpc) is 2.85. The molecule has 1 unspecified atom stereocenters. The summed E-state index contributed by atoms with van der Waals surface area (Å²) in [6.45, 7) is 0.845. The zero-order valence-corrected chi connectivity index (χ0v) is 12.8. The van der Waals surface area contributed by atoms with Gasteiger partial charge in [0.05, 0.1) is 11.0 Å². The third-order valence-electron chi connectivity index (χ3n) is 7.06. The molecule has 2 aliphatic heterocycles. The number of allylic oxidation sites excluding steroid dienone is 1. The van der Waals surface area contributed by atoms with Gasteiger partial charge in [0, 0.05) is 18.9 Å². The van der Waals surface area contributed by atoms with E-state index in [2.05, 4.69) is 11.9 Å². The van der Waals surface area contributed by atoms with Gasteiger partial charge in [-0.1, -0.05) is 0 Å². The summed E-state index contributed by atoms with van der Waals surface area (Å²) in [5, 5.41) is 11.7. The molecule has 1 N–H and O–H groups in total. The van der Waals surface area contributed by atoms with Crippen molar-refractivity contribution in [3.05, 3.63) is 11.3 Å². The van der Waals surface area contributed by atoms with Crippen LogP contribution in [0.25, 0.3) is 0 Å². The number of Topliss-reactive ketones (excluding diaryl/α,β-unsaturated/α-hetero) is 2. The molecule has 2 heterocycles.